The number of carbonyl (C=O) groups is 2. The Balaban J connectivity index is 2.03. The smallest absolute Gasteiger partial charge is 0.261 e. The number of ketones is 1. The van der Waals surface area contributed by atoms with E-state index in [9.17, 15) is 14.7 Å². The van der Waals surface area contributed by atoms with Crippen molar-refractivity contribution in [2.24, 2.45) is 0 Å². The van der Waals surface area contributed by atoms with E-state index in [0.717, 1.165) is 0 Å². The largest absolute Gasteiger partial charge is 0.386 e. The van der Waals surface area contributed by atoms with Gasteiger partial charge in [-0.25, -0.2) is 0 Å². The first-order chi connectivity index (χ1) is 10.4. The van der Waals surface area contributed by atoms with Crippen LogP contribution in [-0.2, 0) is 0 Å². The summed E-state index contributed by atoms with van der Waals surface area (Å²) in [6, 6.07) is 7.89. The first-order valence-corrected chi connectivity index (χ1v) is 7.98. The summed E-state index contributed by atoms with van der Waals surface area (Å²) in [5.41, 5.74) is 1.19. The van der Waals surface area contributed by atoms with Crippen LogP contribution in [0.25, 0.3) is 0 Å². The van der Waals surface area contributed by atoms with E-state index in [1.54, 1.807) is 42.6 Å². The third kappa shape index (κ3) is 3.94. The minimum absolute atomic E-state index is 0.0791. The van der Waals surface area contributed by atoms with Gasteiger partial charge in [-0.1, -0.05) is 23.7 Å². The highest BCUT2D eigenvalue weighted by Gasteiger charge is 2.20. The van der Waals surface area contributed by atoms with Gasteiger partial charge in [0, 0.05) is 16.0 Å². The van der Waals surface area contributed by atoms with Gasteiger partial charge in [0.2, 0.25) is 0 Å². The molecule has 0 saturated heterocycles. The van der Waals surface area contributed by atoms with Crippen molar-refractivity contribution in [2.75, 3.05) is 0 Å². The van der Waals surface area contributed by atoms with Crippen molar-refractivity contribution in [3.63, 3.8) is 0 Å². The Morgan fingerprint density at radius 3 is 2.45 bits per heavy atom. The SMILES string of the molecule is CC(=O)c1csc(C(=O)NC(C)C(O)c2ccc(Cl)cc2)c1. The Morgan fingerprint density at radius 1 is 1.27 bits per heavy atom. The number of aliphatic hydroxyl groups excluding tert-OH is 1. The fraction of sp³-hybridized carbons (Fsp3) is 0.250. The number of benzene rings is 1. The van der Waals surface area contributed by atoms with Crippen LogP contribution in [0.1, 0.15) is 45.5 Å². The number of hydrogen-bond donors (Lipinski definition) is 2. The average molecular weight is 338 g/mol. The highest BCUT2D eigenvalue weighted by molar-refractivity contribution is 7.12. The normalized spacial score (nSPS) is 13.5. The molecular formula is C16H16ClNO3S. The average Bonchev–Trinajstić information content (AvgIpc) is 2.97. The molecule has 116 valence electrons. The number of rotatable bonds is 5. The van der Waals surface area contributed by atoms with Gasteiger partial charge in [0.1, 0.15) is 0 Å². The van der Waals surface area contributed by atoms with Gasteiger partial charge in [-0.05, 0) is 37.6 Å². The summed E-state index contributed by atoms with van der Waals surface area (Å²) in [4.78, 5) is 23.8. The Labute approximate surface area is 137 Å². The molecule has 0 bridgehead atoms. The van der Waals surface area contributed by atoms with Crippen molar-refractivity contribution in [1.82, 2.24) is 5.32 Å². The molecule has 0 aliphatic rings. The molecular weight excluding hydrogens is 322 g/mol. The van der Waals surface area contributed by atoms with Crippen molar-refractivity contribution in [3.8, 4) is 0 Å². The number of hydrogen-bond acceptors (Lipinski definition) is 4. The Bertz CT molecular complexity index is 681. The van der Waals surface area contributed by atoms with E-state index in [-0.39, 0.29) is 11.7 Å². The number of amides is 1. The predicted molar refractivity (Wildman–Crippen MR) is 87.7 cm³/mol. The van der Waals surface area contributed by atoms with E-state index in [4.69, 9.17) is 11.6 Å². The van der Waals surface area contributed by atoms with Crippen molar-refractivity contribution < 1.29 is 14.7 Å². The van der Waals surface area contributed by atoms with E-state index >= 15 is 0 Å². The zero-order valence-corrected chi connectivity index (χ0v) is 13.7. The van der Waals surface area contributed by atoms with Crippen LogP contribution in [0, 0.1) is 0 Å². The van der Waals surface area contributed by atoms with Gasteiger partial charge in [0.05, 0.1) is 17.0 Å². The maximum absolute atomic E-state index is 12.1. The standard InChI is InChI=1S/C16H16ClNO3S/c1-9(15(20)11-3-5-13(17)6-4-11)18-16(21)14-7-12(8-22-14)10(2)19/h3-9,15,20H,1-2H3,(H,18,21). The lowest BCUT2D eigenvalue weighted by molar-refractivity contribution is 0.0856. The monoisotopic (exact) mass is 337 g/mol. The van der Waals surface area contributed by atoms with E-state index < -0.39 is 12.1 Å². The highest BCUT2D eigenvalue weighted by atomic mass is 35.5. The van der Waals surface area contributed by atoms with E-state index in [1.165, 1.54) is 18.3 Å². The molecule has 4 nitrogen and oxygen atoms in total. The molecule has 0 spiro atoms. The van der Waals surface area contributed by atoms with Gasteiger partial charge in [-0.3, -0.25) is 9.59 Å². The lowest BCUT2D eigenvalue weighted by Crippen LogP contribution is -2.36. The Morgan fingerprint density at radius 2 is 1.91 bits per heavy atom. The van der Waals surface area contributed by atoms with Crippen LogP contribution in [0.5, 0.6) is 0 Å². The van der Waals surface area contributed by atoms with Crippen molar-refractivity contribution >= 4 is 34.6 Å². The fourth-order valence-electron chi connectivity index (χ4n) is 1.95. The quantitative estimate of drug-likeness (QED) is 0.821. The molecule has 0 aliphatic carbocycles. The summed E-state index contributed by atoms with van der Waals surface area (Å²) in [6.07, 6.45) is -0.839. The molecule has 2 rings (SSSR count). The molecule has 1 amide bonds. The summed E-state index contributed by atoms with van der Waals surface area (Å²) in [5, 5.41) is 15.2. The van der Waals surface area contributed by atoms with Gasteiger partial charge in [-0.2, -0.15) is 0 Å². The molecule has 22 heavy (non-hydrogen) atoms. The van der Waals surface area contributed by atoms with Crippen LogP contribution >= 0.6 is 22.9 Å². The highest BCUT2D eigenvalue weighted by Crippen LogP contribution is 2.20. The number of thiophene rings is 1. The number of halogens is 1. The molecule has 0 aliphatic heterocycles. The summed E-state index contributed by atoms with van der Waals surface area (Å²) >= 11 is 7.02. The lowest BCUT2D eigenvalue weighted by atomic mass is 10.0. The van der Waals surface area contributed by atoms with Crippen molar-refractivity contribution in [2.45, 2.75) is 26.0 Å². The van der Waals surface area contributed by atoms with Crippen LogP contribution < -0.4 is 5.32 Å². The maximum Gasteiger partial charge on any atom is 0.261 e. The van der Waals surface area contributed by atoms with Crippen LogP contribution in [0.15, 0.2) is 35.7 Å². The van der Waals surface area contributed by atoms with Gasteiger partial charge >= 0.3 is 0 Å². The van der Waals surface area contributed by atoms with Crippen molar-refractivity contribution in [1.29, 1.82) is 0 Å². The summed E-state index contributed by atoms with van der Waals surface area (Å²) in [5.74, 6) is -0.387. The summed E-state index contributed by atoms with van der Waals surface area (Å²) in [7, 11) is 0. The summed E-state index contributed by atoms with van der Waals surface area (Å²) in [6.45, 7) is 3.17. The van der Waals surface area contributed by atoms with E-state index in [2.05, 4.69) is 5.32 Å². The second kappa shape index (κ2) is 7.05. The predicted octanol–water partition coefficient (Wildman–Crippen LogP) is 3.46. The molecule has 0 saturated carbocycles. The van der Waals surface area contributed by atoms with Gasteiger partial charge in [0.25, 0.3) is 5.91 Å². The molecule has 2 N–H and O–H groups in total. The van der Waals surface area contributed by atoms with Crippen LogP contribution in [0.4, 0.5) is 0 Å². The topological polar surface area (TPSA) is 66.4 Å². The molecule has 1 aromatic heterocycles. The van der Waals surface area contributed by atoms with Crippen LogP contribution in [0.3, 0.4) is 0 Å². The maximum atomic E-state index is 12.1. The number of aliphatic hydroxyl groups is 1. The molecule has 2 atom stereocenters. The summed E-state index contributed by atoms with van der Waals surface area (Å²) < 4.78 is 0. The van der Waals surface area contributed by atoms with E-state index in [0.29, 0.717) is 21.0 Å². The van der Waals surface area contributed by atoms with Crippen LogP contribution in [-0.4, -0.2) is 22.8 Å². The lowest BCUT2D eigenvalue weighted by Gasteiger charge is -2.20. The second-order valence-corrected chi connectivity index (χ2v) is 6.36. The first-order valence-electron chi connectivity index (χ1n) is 6.72. The molecule has 1 heterocycles. The molecule has 0 radical (unpaired) electrons. The minimum atomic E-state index is -0.839. The molecule has 2 aromatic rings. The van der Waals surface area contributed by atoms with Crippen molar-refractivity contribution in [3.05, 3.63) is 56.7 Å². The number of nitrogens with one attached hydrogen (secondary N) is 1. The minimum Gasteiger partial charge on any atom is -0.386 e. The third-order valence-corrected chi connectivity index (χ3v) is 4.45. The number of carbonyl (C=O) groups excluding carboxylic acids is 2. The molecule has 2 unspecified atom stereocenters. The van der Waals surface area contributed by atoms with Gasteiger partial charge in [0.15, 0.2) is 5.78 Å². The van der Waals surface area contributed by atoms with Gasteiger partial charge < -0.3 is 10.4 Å². The molecule has 0 fully saturated rings. The third-order valence-electron chi connectivity index (χ3n) is 3.27. The molecule has 1 aromatic carbocycles. The fourth-order valence-corrected chi connectivity index (χ4v) is 2.92. The second-order valence-electron chi connectivity index (χ2n) is 5.01. The van der Waals surface area contributed by atoms with E-state index in [1.807, 2.05) is 0 Å². The Hall–Kier alpha value is -1.69. The van der Waals surface area contributed by atoms with Crippen LogP contribution in [0.2, 0.25) is 5.02 Å². The molecule has 6 heteroatoms. The number of Topliss-reactive ketones (excluding diaryl/α,β-unsaturated/α-hetero) is 1. The first kappa shape index (κ1) is 16.7. The Kier molecular flexibility index (Phi) is 5.34. The zero-order chi connectivity index (χ0) is 16.3. The van der Waals surface area contributed by atoms with Gasteiger partial charge in [-0.15, -0.1) is 11.3 Å². The zero-order valence-electron chi connectivity index (χ0n) is 12.2.